The molecule has 5 nitrogen and oxygen atoms in total. The summed E-state index contributed by atoms with van der Waals surface area (Å²) in [5, 5.41) is 17.8. The van der Waals surface area contributed by atoms with Crippen molar-refractivity contribution in [1.29, 1.82) is 0 Å². The minimum absolute atomic E-state index is 0.00323. The van der Waals surface area contributed by atoms with Gasteiger partial charge in [-0.3, -0.25) is 9.79 Å². The number of phenolic OH excluding ortho intramolecular Hbond substituents is 1. The molecule has 0 bridgehead atoms. The summed E-state index contributed by atoms with van der Waals surface area (Å²) in [7, 11) is 1.49. The first-order valence-electron chi connectivity index (χ1n) is 4.22. The van der Waals surface area contributed by atoms with Crippen LogP contribution < -0.4 is 4.74 Å². The number of benzene rings is 1. The van der Waals surface area contributed by atoms with Crippen LogP contribution in [0.15, 0.2) is 23.2 Å². The van der Waals surface area contributed by atoms with E-state index >= 15 is 0 Å². The first-order valence-corrected chi connectivity index (χ1v) is 4.22. The van der Waals surface area contributed by atoms with Gasteiger partial charge in [-0.2, -0.15) is 0 Å². The summed E-state index contributed by atoms with van der Waals surface area (Å²) < 4.78 is 4.89. The predicted octanol–water partition coefficient (Wildman–Crippen LogP) is 0.904. The van der Waals surface area contributed by atoms with Crippen molar-refractivity contribution in [2.45, 2.75) is 0 Å². The molecule has 0 aliphatic rings. The Balaban J connectivity index is 2.78. The summed E-state index contributed by atoms with van der Waals surface area (Å²) in [5.41, 5.74) is 0.456. The molecule has 0 heterocycles. The number of nitrogens with zero attached hydrogens (tertiary/aromatic N) is 1. The maximum atomic E-state index is 10.2. The summed E-state index contributed by atoms with van der Waals surface area (Å²) in [6.45, 7) is -0.314. The molecule has 0 amide bonds. The highest BCUT2D eigenvalue weighted by Crippen LogP contribution is 2.21. The second-order valence-electron chi connectivity index (χ2n) is 2.79. The van der Waals surface area contributed by atoms with E-state index in [4.69, 9.17) is 9.84 Å². The second kappa shape index (κ2) is 4.99. The molecule has 0 aromatic heterocycles. The Bertz CT molecular complexity index is 387. The van der Waals surface area contributed by atoms with Gasteiger partial charge in [0.15, 0.2) is 0 Å². The third kappa shape index (κ3) is 3.30. The first-order chi connectivity index (χ1) is 7.13. The molecule has 0 atom stereocenters. The van der Waals surface area contributed by atoms with Gasteiger partial charge < -0.3 is 14.9 Å². The highest BCUT2D eigenvalue weighted by Gasteiger charge is 2.00. The van der Waals surface area contributed by atoms with Gasteiger partial charge in [0.2, 0.25) is 0 Å². The lowest BCUT2D eigenvalue weighted by molar-refractivity contribution is -0.135. The minimum Gasteiger partial charge on any atom is -0.507 e. The van der Waals surface area contributed by atoms with Gasteiger partial charge in [-0.25, -0.2) is 0 Å². The fourth-order valence-corrected chi connectivity index (χ4v) is 0.982. The van der Waals surface area contributed by atoms with Gasteiger partial charge in [0.1, 0.15) is 18.0 Å². The minimum atomic E-state index is -1.01. The van der Waals surface area contributed by atoms with Crippen LogP contribution in [-0.4, -0.2) is 36.1 Å². The number of methoxy groups -OCH3 is 1. The fourth-order valence-electron chi connectivity index (χ4n) is 0.982. The molecule has 0 saturated heterocycles. The van der Waals surface area contributed by atoms with E-state index < -0.39 is 5.97 Å². The van der Waals surface area contributed by atoms with E-state index in [0.717, 1.165) is 0 Å². The number of aliphatic imine (C=N–C) groups is 1. The van der Waals surface area contributed by atoms with Crippen LogP contribution in [0.1, 0.15) is 5.56 Å². The van der Waals surface area contributed by atoms with Gasteiger partial charge in [0.25, 0.3) is 0 Å². The molecule has 0 radical (unpaired) electrons. The van der Waals surface area contributed by atoms with Crippen molar-refractivity contribution in [1.82, 2.24) is 0 Å². The number of carbonyl (C=O) groups is 1. The highest BCUT2D eigenvalue weighted by molar-refractivity contribution is 5.85. The standard InChI is InChI=1S/C10H11NO4/c1-15-8-3-2-7(9(12)4-8)5-11-6-10(13)14/h2-5,12H,6H2,1H3,(H,13,14). The number of aromatic hydroxyl groups is 1. The number of ether oxygens (including phenoxy) is 1. The molecular formula is C10H11NO4. The van der Waals surface area contributed by atoms with Crippen molar-refractivity contribution in [3.63, 3.8) is 0 Å². The third-order valence-electron chi connectivity index (χ3n) is 1.69. The quantitative estimate of drug-likeness (QED) is 0.722. The highest BCUT2D eigenvalue weighted by atomic mass is 16.5. The van der Waals surface area contributed by atoms with Crippen LogP contribution in [0.25, 0.3) is 0 Å². The average molecular weight is 209 g/mol. The topological polar surface area (TPSA) is 79.1 Å². The Morgan fingerprint density at radius 2 is 2.33 bits per heavy atom. The normalized spacial score (nSPS) is 10.5. The number of hydrogen-bond acceptors (Lipinski definition) is 4. The van der Waals surface area contributed by atoms with Crippen LogP contribution in [0, 0.1) is 0 Å². The van der Waals surface area contributed by atoms with E-state index in [9.17, 15) is 9.90 Å². The zero-order valence-electron chi connectivity index (χ0n) is 8.17. The molecule has 15 heavy (non-hydrogen) atoms. The Hall–Kier alpha value is -2.04. The lowest BCUT2D eigenvalue weighted by Crippen LogP contribution is -1.99. The van der Waals surface area contributed by atoms with Gasteiger partial charge in [0.05, 0.1) is 7.11 Å². The molecule has 0 unspecified atom stereocenters. The predicted molar refractivity (Wildman–Crippen MR) is 54.8 cm³/mol. The summed E-state index contributed by atoms with van der Waals surface area (Å²) in [4.78, 5) is 13.8. The fraction of sp³-hybridized carbons (Fsp3) is 0.200. The second-order valence-corrected chi connectivity index (χ2v) is 2.79. The van der Waals surface area contributed by atoms with Crippen LogP contribution in [0.3, 0.4) is 0 Å². The van der Waals surface area contributed by atoms with E-state index in [2.05, 4.69) is 4.99 Å². The number of carboxylic acids is 1. The Morgan fingerprint density at radius 3 is 2.87 bits per heavy atom. The van der Waals surface area contributed by atoms with Crippen LogP contribution in [0.4, 0.5) is 0 Å². The van der Waals surface area contributed by atoms with Crippen molar-refractivity contribution in [2.24, 2.45) is 4.99 Å². The number of rotatable bonds is 4. The molecule has 0 fully saturated rings. The van der Waals surface area contributed by atoms with E-state index in [0.29, 0.717) is 11.3 Å². The van der Waals surface area contributed by atoms with E-state index in [1.165, 1.54) is 19.4 Å². The number of aliphatic carboxylic acids is 1. The molecule has 2 N–H and O–H groups in total. The van der Waals surface area contributed by atoms with Crippen molar-refractivity contribution < 1.29 is 19.7 Å². The average Bonchev–Trinajstić information content (AvgIpc) is 2.20. The van der Waals surface area contributed by atoms with Gasteiger partial charge in [-0.1, -0.05) is 0 Å². The van der Waals surface area contributed by atoms with Crippen molar-refractivity contribution in [3.05, 3.63) is 23.8 Å². The Kier molecular flexibility index (Phi) is 3.68. The molecule has 1 rings (SSSR count). The van der Waals surface area contributed by atoms with Crippen molar-refractivity contribution in [2.75, 3.05) is 13.7 Å². The van der Waals surface area contributed by atoms with Gasteiger partial charge in [-0.05, 0) is 12.1 Å². The van der Waals surface area contributed by atoms with E-state index in [1.807, 2.05) is 0 Å². The monoisotopic (exact) mass is 209 g/mol. The number of phenols is 1. The maximum Gasteiger partial charge on any atom is 0.325 e. The largest absolute Gasteiger partial charge is 0.507 e. The Labute approximate surface area is 86.7 Å². The lowest BCUT2D eigenvalue weighted by atomic mass is 10.2. The van der Waals surface area contributed by atoms with E-state index in [1.54, 1.807) is 12.1 Å². The summed E-state index contributed by atoms with van der Waals surface area (Å²) in [5.74, 6) is -0.481. The molecular weight excluding hydrogens is 198 g/mol. The molecule has 0 aliphatic carbocycles. The molecule has 0 spiro atoms. The van der Waals surface area contributed by atoms with E-state index in [-0.39, 0.29) is 12.3 Å². The molecule has 1 aromatic carbocycles. The molecule has 80 valence electrons. The maximum absolute atomic E-state index is 10.2. The third-order valence-corrected chi connectivity index (χ3v) is 1.69. The zero-order valence-corrected chi connectivity index (χ0v) is 8.17. The lowest BCUT2D eigenvalue weighted by Gasteiger charge is -2.02. The number of hydrogen-bond donors (Lipinski definition) is 2. The van der Waals surface area contributed by atoms with Crippen LogP contribution in [-0.2, 0) is 4.79 Å². The summed E-state index contributed by atoms with van der Waals surface area (Å²) >= 11 is 0. The smallest absolute Gasteiger partial charge is 0.325 e. The number of carboxylic acid groups (broad SMARTS) is 1. The first kappa shape index (κ1) is 11.0. The van der Waals surface area contributed by atoms with Gasteiger partial charge in [0, 0.05) is 17.8 Å². The molecule has 5 heteroatoms. The Morgan fingerprint density at radius 1 is 1.60 bits per heavy atom. The molecule has 1 aromatic rings. The van der Waals surface area contributed by atoms with Crippen LogP contribution in [0.2, 0.25) is 0 Å². The molecule has 0 saturated carbocycles. The summed E-state index contributed by atoms with van der Waals surface area (Å²) in [6, 6.07) is 4.68. The summed E-state index contributed by atoms with van der Waals surface area (Å²) in [6.07, 6.45) is 1.31. The van der Waals surface area contributed by atoms with Crippen molar-refractivity contribution >= 4 is 12.2 Å². The SMILES string of the molecule is COc1ccc(C=NCC(=O)O)c(O)c1. The van der Waals surface area contributed by atoms with Crippen molar-refractivity contribution in [3.8, 4) is 11.5 Å². The van der Waals surface area contributed by atoms with Crippen LogP contribution in [0.5, 0.6) is 11.5 Å². The molecule has 0 aliphatic heterocycles. The zero-order chi connectivity index (χ0) is 11.3. The van der Waals surface area contributed by atoms with Gasteiger partial charge in [-0.15, -0.1) is 0 Å². The van der Waals surface area contributed by atoms with Crippen LogP contribution >= 0.6 is 0 Å². The van der Waals surface area contributed by atoms with Gasteiger partial charge >= 0.3 is 5.97 Å².